The second-order valence-corrected chi connectivity index (χ2v) is 4.64. The van der Waals surface area contributed by atoms with Crippen LogP contribution in [0.15, 0.2) is 24.3 Å². The average Bonchev–Trinajstić information content (AvgIpc) is 2.35. The minimum atomic E-state index is 0.0101. The molecule has 1 amide bonds. The van der Waals surface area contributed by atoms with Crippen LogP contribution in [-0.4, -0.2) is 26.1 Å². The fourth-order valence-electron chi connectivity index (χ4n) is 1.53. The van der Waals surface area contributed by atoms with Crippen molar-refractivity contribution in [1.82, 2.24) is 5.32 Å². The first-order valence-corrected chi connectivity index (χ1v) is 6.21. The number of carbonyl (C=O) groups excluding carboxylic acids is 1. The number of para-hydroxylation sites is 1. The van der Waals surface area contributed by atoms with Crippen LogP contribution in [0.25, 0.3) is 0 Å². The van der Waals surface area contributed by atoms with Crippen LogP contribution in [0, 0.1) is 5.92 Å². The monoisotopic (exact) mass is 250 g/mol. The maximum atomic E-state index is 11.6. The molecule has 0 spiro atoms. The van der Waals surface area contributed by atoms with E-state index in [2.05, 4.69) is 24.5 Å². The first-order valence-electron chi connectivity index (χ1n) is 6.21. The highest BCUT2D eigenvalue weighted by Gasteiger charge is 2.04. The van der Waals surface area contributed by atoms with Crippen molar-refractivity contribution >= 4 is 11.6 Å². The van der Waals surface area contributed by atoms with Gasteiger partial charge in [-0.15, -0.1) is 0 Å². The lowest BCUT2D eigenvalue weighted by atomic mass is 10.2. The number of rotatable bonds is 7. The molecule has 1 aromatic carbocycles. The number of nitrogens with one attached hydrogen (secondary N) is 2. The van der Waals surface area contributed by atoms with Crippen molar-refractivity contribution in [3.05, 3.63) is 29.8 Å². The van der Waals surface area contributed by atoms with Gasteiger partial charge in [0.2, 0.25) is 5.91 Å². The van der Waals surface area contributed by atoms with Gasteiger partial charge in [0.1, 0.15) is 0 Å². The topological polar surface area (TPSA) is 50.4 Å². The van der Waals surface area contributed by atoms with Crippen molar-refractivity contribution in [2.45, 2.75) is 20.5 Å². The maximum absolute atomic E-state index is 11.6. The van der Waals surface area contributed by atoms with Crippen LogP contribution >= 0.6 is 0 Å². The summed E-state index contributed by atoms with van der Waals surface area (Å²) >= 11 is 0. The summed E-state index contributed by atoms with van der Waals surface area (Å²) in [5, 5.41) is 6.00. The van der Waals surface area contributed by atoms with Gasteiger partial charge in [-0.3, -0.25) is 4.79 Å². The van der Waals surface area contributed by atoms with Gasteiger partial charge in [-0.05, 0) is 12.0 Å². The lowest BCUT2D eigenvalue weighted by molar-refractivity contribution is -0.119. The fourth-order valence-corrected chi connectivity index (χ4v) is 1.53. The van der Waals surface area contributed by atoms with Crippen molar-refractivity contribution in [2.24, 2.45) is 5.92 Å². The second-order valence-electron chi connectivity index (χ2n) is 4.64. The zero-order valence-electron chi connectivity index (χ0n) is 11.3. The molecule has 18 heavy (non-hydrogen) atoms. The van der Waals surface area contributed by atoms with Gasteiger partial charge in [0.25, 0.3) is 0 Å². The minimum Gasteiger partial charge on any atom is -0.380 e. The molecule has 0 aliphatic heterocycles. The van der Waals surface area contributed by atoms with Crippen molar-refractivity contribution in [3.63, 3.8) is 0 Å². The SMILES string of the molecule is COCc1ccccc1NCC(=O)NCC(C)C. The third kappa shape index (κ3) is 5.19. The summed E-state index contributed by atoms with van der Waals surface area (Å²) in [5.74, 6) is 0.477. The number of amides is 1. The van der Waals surface area contributed by atoms with E-state index < -0.39 is 0 Å². The van der Waals surface area contributed by atoms with Gasteiger partial charge in [-0.2, -0.15) is 0 Å². The summed E-state index contributed by atoms with van der Waals surface area (Å²) in [4.78, 5) is 11.6. The molecule has 1 aromatic rings. The first kappa shape index (κ1) is 14.5. The number of methoxy groups -OCH3 is 1. The summed E-state index contributed by atoms with van der Waals surface area (Å²) in [5.41, 5.74) is 2.00. The van der Waals surface area contributed by atoms with Gasteiger partial charge in [0, 0.05) is 24.9 Å². The molecule has 4 heteroatoms. The van der Waals surface area contributed by atoms with Gasteiger partial charge in [-0.25, -0.2) is 0 Å². The van der Waals surface area contributed by atoms with Crippen molar-refractivity contribution < 1.29 is 9.53 Å². The zero-order valence-corrected chi connectivity index (χ0v) is 11.3. The Kier molecular flexibility index (Phi) is 6.22. The Morgan fingerprint density at radius 2 is 2.06 bits per heavy atom. The number of benzene rings is 1. The van der Waals surface area contributed by atoms with E-state index >= 15 is 0 Å². The number of anilines is 1. The number of ether oxygens (including phenoxy) is 1. The Labute approximate surface area is 109 Å². The van der Waals surface area contributed by atoms with E-state index in [9.17, 15) is 4.79 Å². The van der Waals surface area contributed by atoms with Crippen LogP contribution in [0.4, 0.5) is 5.69 Å². The van der Waals surface area contributed by atoms with Crippen LogP contribution in [-0.2, 0) is 16.1 Å². The van der Waals surface area contributed by atoms with E-state index in [0.29, 0.717) is 19.1 Å². The smallest absolute Gasteiger partial charge is 0.239 e. The van der Waals surface area contributed by atoms with Gasteiger partial charge in [0.15, 0.2) is 0 Å². The summed E-state index contributed by atoms with van der Waals surface area (Å²) in [6, 6.07) is 7.83. The van der Waals surface area contributed by atoms with Crippen LogP contribution in [0.3, 0.4) is 0 Å². The third-order valence-corrected chi connectivity index (χ3v) is 2.46. The zero-order chi connectivity index (χ0) is 13.4. The first-order chi connectivity index (χ1) is 8.63. The highest BCUT2D eigenvalue weighted by molar-refractivity contribution is 5.80. The lowest BCUT2D eigenvalue weighted by Gasteiger charge is -2.12. The molecule has 1 rings (SSSR count). The molecule has 0 saturated heterocycles. The molecule has 100 valence electrons. The Morgan fingerprint density at radius 1 is 1.33 bits per heavy atom. The van der Waals surface area contributed by atoms with Crippen molar-refractivity contribution in [2.75, 3.05) is 25.5 Å². The molecular weight excluding hydrogens is 228 g/mol. The number of carbonyl (C=O) groups is 1. The predicted octanol–water partition coefficient (Wildman–Crippen LogP) is 2.02. The Bertz CT molecular complexity index is 378. The molecule has 0 radical (unpaired) electrons. The number of hydrogen-bond acceptors (Lipinski definition) is 3. The average molecular weight is 250 g/mol. The molecule has 0 atom stereocenters. The summed E-state index contributed by atoms with van der Waals surface area (Å²) < 4.78 is 5.11. The molecule has 0 bridgehead atoms. The number of hydrogen-bond donors (Lipinski definition) is 2. The molecule has 0 aliphatic rings. The van der Waals surface area contributed by atoms with E-state index in [0.717, 1.165) is 11.3 Å². The summed E-state index contributed by atoms with van der Waals surface area (Å²) in [7, 11) is 1.66. The largest absolute Gasteiger partial charge is 0.380 e. The van der Waals surface area contributed by atoms with Crippen LogP contribution in [0.2, 0.25) is 0 Å². The van der Waals surface area contributed by atoms with Crippen molar-refractivity contribution in [3.8, 4) is 0 Å². The van der Waals surface area contributed by atoms with Crippen LogP contribution < -0.4 is 10.6 Å². The molecule has 4 nitrogen and oxygen atoms in total. The van der Waals surface area contributed by atoms with Crippen LogP contribution in [0.5, 0.6) is 0 Å². The standard InChI is InChI=1S/C14H22N2O2/c1-11(2)8-16-14(17)9-15-13-7-5-4-6-12(13)10-18-3/h4-7,11,15H,8-10H2,1-3H3,(H,16,17). The highest BCUT2D eigenvalue weighted by Crippen LogP contribution is 2.15. The third-order valence-electron chi connectivity index (χ3n) is 2.46. The van der Waals surface area contributed by atoms with E-state index in [1.807, 2.05) is 24.3 Å². The predicted molar refractivity (Wildman–Crippen MR) is 73.5 cm³/mol. The molecule has 0 unspecified atom stereocenters. The molecule has 0 fully saturated rings. The quantitative estimate of drug-likeness (QED) is 0.778. The van der Waals surface area contributed by atoms with E-state index in [1.165, 1.54) is 0 Å². The van der Waals surface area contributed by atoms with Gasteiger partial charge in [0.05, 0.1) is 13.2 Å². The molecule has 0 saturated carbocycles. The molecular formula is C14H22N2O2. The Morgan fingerprint density at radius 3 is 2.72 bits per heavy atom. The lowest BCUT2D eigenvalue weighted by Crippen LogP contribution is -2.32. The highest BCUT2D eigenvalue weighted by atomic mass is 16.5. The van der Waals surface area contributed by atoms with Crippen molar-refractivity contribution in [1.29, 1.82) is 0 Å². The molecule has 0 heterocycles. The Balaban J connectivity index is 2.45. The molecule has 0 aliphatic carbocycles. The second kappa shape index (κ2) is 7.71. The Hall–Kier alpha value is -1.55. The van der Waals surface area contributed by atoms with E-state index in [4.69, 9.17) is 4.74 Å². The van der Waals surface area contributed by atoms with E-state index in [-0.39, 0.29) is 12.5 Å². The normalized spacial score (nSPS) is 10.4. The molecule has 2 N–H and O–H groups in total. The summed E-state index contributed by atoms with van der Waals surface area (Å²) in [6.45, 7) is 5.67. The van der Waals surface area contributed by atoms with Gasteiger partial charge < -0.3 is 15.4 Å². The van der Waals surface area contributed by atoms with Gasteiger partial charge in [-0.1, -0.05) is 32.0 Å². The van der Waals surface area contributed by atoms with E-state index in [1.54, 1.807) is 7.11 Å². The summed E-state index contributed by atoms with van der Waals surface area (Å²) in [6.07, 6.45) is 0. The molecule has 0 aromatic heterocycles. The maximum Gasteiger partial charge on any atom is 0.239 e. The van der Waals surface area contributed by atoms with Crippen LogP contribution in [0.1, 0.15) is 19.4 Å². The minimum absolute atomic E-state index is 0.0101. The fraction of sp³-hybridized carbons (Fsp3) is 0.500. The van der Waals surface area contributed by atoms with Gasteiger partial charge >= 0.3 is 0 Å².